The first-order valence-electron chi connectivity index (χ1n) is 8.07. The Morgan fingerprint density at radius 3 is 2.50 bits per heavy atom. The Morgan fingerprint density at radius 1 is 1.00 bits per heavy atom. The van der Waals surface area contributed by atoms with Crippen LogP contribution in [0, 0.1) is 17.5 Å². The molecule has 1 aliphatic rings. The molecule has 1 nitrogen and oxygen atoms in total. The Bertz CT molecular complexity index is 809. The van der Waals surface area contributed by atoms with Crippen LogP contribution in [0.4, 0.5) is 13.2 Å². The molecule has 0 heterocycles. The minimum absolute atomic E-state index is 0.201. The lowest BCUT2D eigenvalue weighted by molar-refractivity contribution is 0.384. The van der Waals surface area contributed by atoms with Gasteiger partial charge in [-0.1, -0.05) is 37.6 Å². The summed E-state index contributed by atoms with van der Waals surface area (Å²) < 4.78 is 47.9. The molecule has 0 atom stereocenters. The predicted molar refractivity (Wildman–Crippen MR) is 88.7 cm³/mol. The first kappa shape index (κ1) is 16.6. The van der Waals surface area contributed by atoms with Crippen LogP contribution in [0.25, 0.3) is 5.57 Å². The van der Waals surface area contributed by atoms with Gasteiger partial charge < -0.3 is 4.74 Å². The molecular weight excluding hydrogens is 313 g/mol. The average Bonchev–Trinajstić information content (AvgIpc) is 2.59. The molecule has 126 valence electrons. The molecule has 0 saturated carbocycles. The highest BCUT2D eigenvalue weighted by atomic mass is 19.2. The lowest BCUT2D eigenvalue weighted by atomic mass is 9.87. The van der Waals surface area contributed by atoms with Crippen LogP contribution < -0.4 is 4.74 Å². The quantitative estimate of drug-likeness (QED) is 0.743. The molecule has 0 fully saturated rings. The molecule has 0 unspecified atom stereocenters. The van der Waals surface area contributed by atoms with Crippen molar-refractivity contribution in [1.29, 1.82) is 0 Å². The summed E-state index contributed by atoms with van der Waals surface area (Å²) in [5.74, 6) is -1.77. The van der Waals surface area contributed by atoms with Gasteiger partial charge in [0.2, 0.25) is 0 Å². The number of rotatable bonds is 4. The van der Waals surface area contributed by atoms with Gasteiger partial charge in [-0.2, -0.15) is 0 Å². The van der Waals surface area contributed by atoms with E-state index in [1.165, 1.54) is 7.11 Å². The number of hydrogen-bond acceptors (Lipinski definition) is 1. The van der Waals surface area contributed by atoms with Crippen molar-refractivity contribution in [2.45, 2.75) is 32.6 Å². The smallest absolute Gasteiger partial charge is 0.168 e. The number of ether oxygens (including phenoxy) is 1. The molecule has 0 radical (unpaired) electrons. The largest absolute Gasteiger partial charge is 0.494 e. The number of benzene rings is 2. The fourth-order valence-electron chi connectivity index (χ4n) is 3.19. The van der Waals surface area contributed by atoms with E-state index in [2.05, 4.69) is 0 Å². The number of halogens is 3. The zero-order chi connectivity index (χ0) is 17.3. The Labute approximate surface area is 139 Å². The summed E-state index contributed by atoms with van der Waals surface area (Å²) in [6.07, 6.45) is 3.75. The van der Waals surface area contributed by atoms with E-state index in [1.807, 2.05) is 6.92 Å². The molecule has 0 amide bonds. The van der Waals surface area contributed by atoms with Crippen LogP contribution in [0.5, 0.6) is 5.75 Å². The van der Waals surface area contributed by atoms with E-state index in [0.29, 0.717) is 36.0 Å². The van der Waals surface area contributed by atoms with Gasteiger partial charge in [0.15, 0.2) is 23.2 Å². The van der Waals surface area contributed by atoms with E-state index in [0.717, 1.165) is 12.0 Å². The normalized spacial score (nSPS) is 13.5. The van der Waals surface area contributed by atoms with E-state index in [-0.39, 0.29) is 17.1 Å². The monoisotopic (exact) mass is 332 g/mol. The fourth-order valence-corrected chi connectivity index (χ4v) is 3.19. The van der Waals surface area contributed by atoms with Crippen LogP contribution in [-0.4, -0.2) is 7.11 Å². The van der Waals surface area contributed by atoms with Crippen LogP contribution in [0.1, 0.15) is 35.6 Å². The summed E-state index contributed by atoms with van der Waals surface area (Å²) in [7, 11) is 1.42. The van der Waals surface area contributed by atoms with Crippen molar-refractivity contribution in [1.82, 2.24) is 0 Å². The van der Waals surface area contributed by atoms with Gasteiger partial charge in [0.25, 0.3) is 0 Å². The molecule has 2 aromatic rings. The van der Waals surface area contributed by atoms with Crippen molar-refractivity contribution in [3.8, 4) is 5.75 Å². The van der Waals surface area contributed by atoms with Gasteiger partial charge in [-0.3, -0.25) is 0 Å². The van der Waals surface area contributed by atoms with Crippen LogP contribution in [0.2, 0.25) is 0 Å². The third-order valence-corrected chi connectivity index (χ3v) is 4.49. The molecule has 0 bridgehead atoms. The van der Waals surface area contributed by atoms with E-state index in [9.17, 15) is 13.2 Å². The van der Waals surface area contributed by atoms with Crippen molar-refractivity contribution in [2.75, 3.05) is 7.11 Å². The molecule has 0 aliphatic heterocycles. The summed E-state index contributed by atoms with van der Waals surface area (Å²) >= 11 is 0. The minimum Gasteiger partial charge on any atom is -0.494 e. The van der Waals surface area contributed by atoms with Gasteiger partial charge in [0.05, 0.1) is 7.11 Å². The van der Waals surface area contributed by atoms with Crippen molar-refractivity contribution in [3.05, 3.63) is 70.0 Å². The lowest BCUT2D eigenvalue weighted by Gasteiger charge is -2.20. The van der Waals surface area contributed by atoms with Crippen LogP contribution in [0.15, 0.2) is 30.3 Å². The Balaban J connectivity index is 1.96. The maximum atomic E-state index is 14.4. The third kappa shape index (κ3) is 2.81. The van der Waals surface area contributed by atoms with Crippen LogP contribution in [-0.2, 0) is 19.3 Å². The molecule has 2 aromatic carbocycles. The molecule has 0 N–H and O–H groups in total. The number of aryl methyl sites for hydroxylation is 1. The van der Waals surface area contributed by atoms with Crippen molar-refractivity contribution in [3.63, 3.8) is 0 Å². The van der Waals surface area contributed by atoms with Gasteiger partial charge in [0.1, 0.15) is 0 Å². The van der Waals surface area contributed by atoms with Gasteiger partial charge in [-0.15, -0.1) is 0 Å². The van der Waals surface area contributed by atoms with Gasteiger partial charge in [-0.05, 0) is 47.6 Å². The zero-order valence-corrected chi connectivity index (χ0v) is 13.8. The maximum Gasteiger partial charge on any atom is 0.168 e. The zero-order valence-electron chi connectivity index (χ0n) is 13.8. The van der Waals surface area contributed by atoms with Crippen molar-refractivity contribution >= 4 is 5.57 Å². The highest BCUT2D eigenvalue weighted by Gasteiger charge is 2.22. The Kier molecular flexibility index (Phi) is 4.65. The van der Waals surface area contributed by atoms with E-state index < -0.39 is 11.6 Å². The van der Waals surface area contributed by atoms with Crippen molar-refractivity contribution < 1.29 is 17.9 Å². The molecule has 4 heteroatoms. The summed E-state index contributed by atoms with van der Waals surface area (Å²) in [4.78, 5) is 0. The molecule has 3 rings (SSSR count). The molecule has 24 heavy (non-hydrogen) atoms. The standard InChI is InChI=1S/C20H19F3O/c1-3-4-12-5-8-16(20(23)18(12)21)13-6-9-15-14(11-13)7-10-17(24-2)19(15)22/h5-8,10H,3-4,9,11H2,1-2H3. The van der Waals surface area contributed by atoms with Crippen LogP contribution in [0.3, 0.4) is 0 Å². The fraction of sp³-hybridized carbons (Fsp3) is 0.300. The summed E-state index contributed by atoms with van der Waals surface area (Å²) in [6.45, 7) is 1.93. The van der Waals surface area contributed by atoms with E-state index >= 15 is 0 Å². The number of fused-ring (bicyclic) bond motifs is 1. The average molecular weight is 332 g/mol. The summed E-state index contributed by atoms with van der Waals surface area (Å²) in [5.41, 5.74) is 2.68. The van der Waals surface area contributed by atoms with E-state index in [4.69, 9.17) is 4.74 Å². The molecule has 0 saturated heterocycles. The first-order valence-corrected chi connectivity index (χ1v) is 8.07. The molecular formula is C20H19F3O. The first-order chi connectivity index (χ1) is 11.6. The van der Waals surface area contributed by atoms with Gasteiger partial charge in [-0.25, -0.2) is 13.2 Å². The Morgan fingerprint density at radius 2 is 1.79 bits per heavy atom. The topological polar surface area (TPSA) is 9.23 Å². The highest BCUT2D eigenvalue weighted by Crippen LogP contribution is 2.34. The number of hydrogen-bond donors (Lipinski definition) is 0. The second-order valence-corrected chi connectivity index (χ2v) is 5.98. The second-order valence-electron chi connectivity index (χ2n) is 5.98. The molecule has 0 aromatic heterocycles. The van der Waals surface area contributed by atoms with Crippen LogP contribution >= 0.6 is 0 Å². The SMILES string of the molecule is CCCc1ccc(C2=CCc3c(ccc(OC)c3F)C2)c(F)c1F. The maximum absolute atomic E-state index is 14.4. The summed E-state index contributed by atoms with van der Waals surface area (Å²) in [6, 6.07) is 6.62. The van der Waals surface area contributed by atoms with Crippen molar-refractivity contribution in [2.24, 2.45) is 0 Å². The minimum atomic E-state index is -0.815. The Hall–Kier alpha value is -2.23. The van der Waals surface area contributed by atoms with Gasteiger partial charge >= 0.3 is 0 Å². The number of allylic oxidation sites excluding steroid dienone is 2. The van der Waals surface area contributed by atoms with E-state index in [1.54, 1.807) is 30.3 Å². The predicted octanol–water partition coefficient (Wildman–Crippen LogP) is 5.25. The number of methoxy groups -OCH3 is 1. The van der Waals surface area contributed by atoms with Gasteiger partial charge in [0, 0.05) is 5.56 Å². The third-order valence-electron chi connectivity index (χ3n) is 4.49. The second kappa shape index (κ2) is 6.71. The molecule has 0 spiro atoms. The molecule has 1 aliphatic carbocycles. The lowest BCUT2D eigenvalue weighted by Crippen LogP contribution is -2.08. The summed E-state index contributed by atoms with van der Waals surface area (Å²) in [5, 5.41) is 0. The highest BCUT2D eigenvalue weighted by molar-refractivity contribution is 5.71.